The highest BCUT2D eigenvalue weighted by Gasteiger charge is 2.23. The quantitative estimate of drug-likeness (QED) is 0.126. The third kappa shape index (κ3) is 20.7. The van der Waals surface area contributed by atoms with Crippen molar-refractivity contribution in [1.29, 1.82) is 0 Å². The lowest BCUT2D eigenvalue weighted by Gasteiger charge is -2.35. The number of aliphatic hydroxyl groups excluding tert-OH is 2. The van der Waals surface area contributed by atoms with Crippen molar-refractivity contribution >= 4 is 5.91 Å². The monoisotopic (exact) mass is 441 g/mol. The zero-order valence-corrected chi connectivity index (χ0v) is 20.9. The van der Waals surface area contributed by atoms with E-state index >= 15 is 0 Å². The molecule has 0 radical (unpaired) electrons. The lowest BCUT2D eigenvalue weighted by molar-refractivity contribution is -0.911. The summed E-state index contributed by atoms with van der Waals surface area (Å²) in [6.45, 7) is 6.61. The molecule has 0 aliphatic rings. The summed E-state index contributed by atoms with van der Waals surface area (Å²) in [6.07, 6.45) is 21.3. The van der Waals surface area contributed by atoms with Crippen LogP contribution in [0.3, 0.4) is 0 Å². The molecule has 184 valence electrons. The number of rotatable bonds is 22. The van der Waals surface area contributed by atoms with Gasteiger partial charge in [-0.15, -0.1) is 0 Å². The molecule has 0 spiro atoms. The Bertz CT molecular complexity index is 440. The van der Waals surface area contributed by atoms with Gasteiger partial charge in [0.05, 0.1) is 26.7 Å². The molecule has 2 unspecified atom stereocenters. The van der Waals surface area contributed by atoms with Gasteiger partial charge >= 0.3 is 0 Å². The molecule has 0 aliphatic heterocycles. The van der Waals surface area contributed by atoms with Crippen LogP contribution in [0.25, 0.3) is 0 Å². The number of likely N-dealkylation sites (N-methyl/N-ethyl adjacent to an activating group) is 1. The van der Waals surface area contributed by atoms with Crippen molar-refractivity contribution in [2.45, 2.75) is 110 Å². The van der Waals surface area contributed by atoms with Crippen LogP contribution < -0.4 is 5.32 Å². The van der Waals surface area contributed by atoms with E-state index in [4.69, 9.17) is 0 Å². The summed E-state index contributed by atoms with van der Waals surface area (Å²) in [5, 5.41) is 21.9. The van der Waals surface area contributed by atoms with Crippen LogP contribution in [0.1, 0.15) is 104 Å². The molecule has 0 heterocycles. The van der Waals surface area contributed by atoms with Crippen LogP contribution in [0.15, 0.2) is 12.2 Å². The van der Waals surface area contributed by atoms with Crippen molar-refractivity contribution < 1.29 is 19.5 Å². The first-order chi connectivity index (χ1) is 14.9. The minimum Gasteiger partial charge on any atom is -0.391 e. The number of amides is 1. The van der Waals surface area contributed by atoms with Crippen LogP contribution in [0.4, 0.5) is 0 Å². The largest absolute Gasteiger partial charge is 0.391 e. The summed E-state index contributed by atoms with van der Waals surface area (Å²) in [5.74, 6) is 0.116. The fourth-order valence-electron chi connectivity index (χ4n) is 4.08. The molecule has 5 heteroatoms. The molecule has 0 saturated carbocycles. The Morgan fingerprint density at radius 2 is 1.45 bits per heavy atom. The first kappa shape index (κ1) is 30.1. The Morgan fingerprint density at radius 1 is 0.903 bits per heavy atom. The first-order valence-corrected chi connectivity index (χ1v) is 13.0. The Morgan fingerprint density at radius 3 is 2.00 bits per heavy atom. The Kier molecular flexibility index (Phi) is 20.3. The molecule has 0 rings (SSSR count). The average molecular weight is 442 g/mol. The van der Waals surface area contributed by atoms with Gasteiger partial charge in [-0.1, -0.05) is 70.4 Å². The fourth-order valence-corrected chi connectivity index (χ4v) is 4.08. The maximum absolute atomic E-state index is 12.0. The van der Waals surface area contributed by atoms with E-state index in [1.807, 2.05) is 7.05 Å². The van der Waals surface area contributed by atoms with Crippen molar-refractivity contribution in [3.63, 3.8) is 0 Å². The van der Waals surface area contributed by atoms with Crippen LogP contribution in [0, 0.1) is 0 Å². The second kappa shape index (κ2) is 21.0. The van der Waals surface area contributed by atoms with Gasteiger partial charge in [0.2, 0.25) is 5.91 Å². The Balaban J connectivity index is 3.54. The SMILES string of the molecule is CCCCCCCC/C=C\CCCCCCCC(=O)NCC[N+](C)(CCO)CC(C)O. The molecular weight excluding hydrogens is 388 g/mol. The van der Waals surface area contributed by atoms with E-state index in [1.54, 1.807) is 6.92 Å². The predicted molar refractivity (Wildman–Crippen MR) is 132 cm³/mol. The molecule has 0 aromatic carbocycles. The highest BCUT2D eigenvalue weighted by Crippen LogP contribution is 2.10. The summed E-state index contributed by atoms with van der Waals surface area (Å²) < 4.78 is 0.571. The normalized spacial score (nSPS) is 14.6. The lowest BCUT2D eigenvalue weighted by Crippen LogP contribution is -2.53. The second-order valence-electron chi connectivity index (χ2n) is 9.51. The number of nitrogens with zero attached hydrogens (tertiary/aromatic N) is 1. The van der Waals surface area contributed by atoms with Crippen molar-refractivity contribution in [1.82, 2.24) is 5.32 Å². The molecular formula is C26H53N2O3+. The molecule has 0 aromatic rings. The molecule has 0 saturated heterocycles. The summed E-state index contributed by atoms with van der Waals surface area (Å²) >= 11 is 0. The number of hydrogen-bond donors (Lipinski definition) is 3. The van der Waals surface area contributed by atoms with Crippen molar-refractivity contribution in [2.24, 2.45) is 0 Å². The van der Waals surface area contributed by atoms with Gasteiger partial charge < -0.3 is 20.0 Å². The van der Waals surface area contributed by atoms with Crippen LogP contribution >= 0.6 is 0 Å². The molecule has 31 heavy (non-hydrogen) atoms. The molecule has 0 aliphatic carbocycles. The van der Waals surface area contributed by atoms with Crippen molar-refractivity contribution in [3.05, 3.63) is 12.2 Å². The number of hydrogen-bond acceptors (Lipinski definition) is 3. The number of unbranched alkanes of at least 4 members (excludes halogenated alkanes) is 11. The van der Waals surface area contributed by atoms with E-state index in [2.05, 4.69) is 24.4 Å². The summed E-state index contributed by atoms with van der Waals surface area (Å²) in [6, 6.07) is 0. The Labute approximate surface area is 192 Å². The van der Waals surface area contributed by atoms with Gasteiger partial charge in [0.25, 0.3) is 0 Å². The van der Waals surface area contributed by atoms with Crippen molar-refractivity contribution in [2.75, 3.05) is 39.8 Å². The van der Waals surface area contributed by atoms with E-state index in [9.17, 15) is 15.0 Å². The van der Waals surface area contributed by atoms with Crippen LogP contribution in [0.5, 0.6) is 0 Å². The molecule has 5 nitrogen and oxygen atoms in total. The topological polar surface area (TPSA) is 69.6 Å². The summed E-state index contributed by atoms with van der Waals surface area (Å²) in [7, 11) is 2.01. The number of aliphatic hydroxyl groups is 2. The maximum Gasteiger partial charge on any atom is 0.220 e. The van der Waals surface area contributed by atoms with Crippen LogP contribution in [-0.4, -0.2) is 66.5 Å². The van der Waals surface area contributed by atoms with Gasteiger partial charge in [-0.25, -0.2) is 0 Å². The minimum atomic E-state index is -0.414. The minimum absolute atomic E-state index is 0.0894. The molecule has 1 amide bonds. The average Bonchev–Trinajstić information content (AvgIpc) is 2.70. The summed E-state index contributed by atoms with van der Waals surface area (Å²) in [4.78, 5) is 12.0. The molecule has 0 bridgehead atoms. The van der Waals surface area contributed by atoms with Gasteiger partial charge in [0.1, 0.15) is 19.2 Å². The zero-order valence-electron chi connectivity index (χ0n) is 20.9. The van der Waals surface area contributed by atoms with Gasteiger partial charge in [-0.3, -0.25) is 4.79 Å². The van der Waals surface area contributed by atoms with Gasteiger partial charge in [-0.05, 0) is 39.0 Å². The molecule has 2 atom stereocenters. The molecule has 0 aromatic heterocycles. The number of quaternary nitrogens is 1. The lowest BCUT2D eigenvalue weighted by atomic mass is 10.1. The number of carbonyl (C=O) groups excluding carboxylic acids is 1. The zero-order chi connectivity index (χ0) is 23.2. The second-order valence-corrected chi connectivity index (χ2v) is 9.51. The number of nitrogens with one attached hydrogen (secondary N) is 1. The Hall–Kier alpha value is -0.910. The van der Waals surface area contributed by atoms with E-state index in [-0.39, 0.29) is 12.5 Å². The van der Waals surface area contributed by atoms with Crippen LogP contribution in [0.2, 0.25) is 0 Å². The summed E-state index contributed by atoms with van der Waals surface area (Å²) in [5.41, 5.74) is 0. The van der Waals surface area contributed by atoms with Crippen LogP contribution in [-0.2, 0) is 4.79 Å². The predicted octanol–water partition coefficient (Wildman–Crippen LogP) is 4.96. The number of carbonyl (C=O) groups is 1. The van der Waals surface area contributed by atoms with E-state index in [0.717, 1.165) is 19.4 Å². The van der Waals surface area contributed by atoms with Gasteiger partial charge in [0.15, 0.2) is 0 Å². The highest BCUT2D eigenvalue weighted by atomic mass is 16.3. The molecule has 0 fully saturated rings. The maximum atomic E-state index is 12.0. The smallest absolute Gasteiger partial charge is 0.220 e. The van der Waals surface area contributed by atoms with E-state index in [0.29, 0.717) is 30.5 Å². The van der Waals surface area contributed by atoms with Crippen molar-refractivity contribution in [3.8, 4) is 0 Å². The standard InChI is InChI=1S/C26H52N2O3/c1-4-5-6-7-8-9-10-11-12-13-14-15-16-17-18-19-26(31)27-20-21-28(3,22-23-29)24-25(2)30/h11-12,25,29-30H,4-10,13-24H2,1-3H3/p+1/b12-11-. The van der Waals surface area contributed by atoms with Gasteiger partial charge in [-0.2, -0.15) is 0 Å². The highest BCUT2D eigenvalue weighted by molar-refractivity contribution is 5.75. The third-order valence-corrected chi connectivity index (χ3v) is 5.98. The van der Waals surface area contributed by atoms with E-state index in [1.165, 1.54) is 70.6 Å². The first-order valence-electron chi connectivity index (χ1n) is 13.0. The number of allylic oxidation sites excluding steroid dienone is 2. The fraction of sp³-hybridized carbons (Fsp3) is 0.885. The van der Waals surface area contributed by atoms with E-state index < -0.39 is 6.10 Å². The third-order valence-electron chi connectivity index (χ3n) is 5.98. The van der Waals surface area contributed by atoms with Gasteiger partial charge in [0, 0.05) is 6.42 Å². The molecule has 3 N–H and O–H groups in total.